The molecule has 0 aliphatic carbocycles. The Balaban J connectivity index is 1.56. The molecule has 0 aliphatic rings. The van der Waals surface area contributed by atoms with Crippen molar-refractivity contribution in [2.24, 2.45) is 0 Å². The Hall–Kier alpha value is -1.96. The van der Waals surface area contributed by atoms with E-state index in [4.69, 9.17) is 11.6 Å². The fourth-order valence-corrected chi connectivity index (χ4v) is 4.25. The van der Waals surface area contributed by atoms with Crippen molar-refractivity contribution in [3.63, 3.8) is 0 Å². The number of hydrogen-bond donors (Lipinski definition) is 0. The zero-order valence-corrected chi connectivity index (χ0v) is 14.1. The molecule has 0 saturated carbocycles. The number of para-hydroxylation sites is 1. The first-order valence-electron chi connectivity index (χ1n) is 6.81. The molecule has 0 atom stereocenters. The molecule has 0 spiro atoms. The third kappa shape index (κ3) is 3.08. The zero-order chi connectivity index (χ0) is 15.6. The number of halogens is 1. The molecule has 4 aromatic rings. The molecule has 4 rings (SSSR count). The van der Waals surface area contributed by atoms with Crippen molar-refractivity contribution in [3.05, 3.63) is 59.4 Å². The maximum Gasteiger partial charge on any atom is 0.167 e. The molecule has 0 unspecified atom stereocenters. The summed E-state index contributed by atoms with van der Waals surface area (Å²) in [5, 5.41) is 12.7. The third-order valence-electron chi connectivity index (χ3n) is 3.19. The summed E-state index contributed by atoms with van der Waals surface area (Å²) in [6, 6.07) is 15.6. The van der Waals surface area contributed by atoms with Gasteiger partial charge in [0.25, 0.3) is 0 Å². The van der Waals surface area contributed by atoms with Crippen LogP contribution in [0.1, 0.15) is 5.82 Å². The van der Waals surface area contributed by atoms with Crippen LogP contribution in [0.5, 0.6) is 0 Å². The van der Waals surface area contributed by atoms with Crippen molar-refractivity contribution in [3.8, 4) is 5.69 Å². The molecule has 114 valence electrons. The average Bonchev–Trinajstić information content (AvgIpc) is 3.19. The van der Waals surface area contributed by atoms with E-state index in [0.29, 0.717) is 10.8 Å². The van der Waals surface area contributed by atoms with Gasteiger partial charge in [0.1, 0.15) is 0 Å². The number of thioether (sulfide) groups is 1. The Morgan fingerprint density at radius 3 is 2.87 bits per heavy atom. The summed E-state index contributed by atoms with van der Waals surface area (Å²) in [6.07, 6.45) is 0. The largest absolute Gasteiger partial charge is 0.230 e. The molecule has 0 amide bonds. The van der Waals surface area contributed by atoms with Gasteiger partial charge in [0.15, 0.2) is 10.2 Å². The van der Waals surface area contributed by atoms with Crippen molar-refractivity contribution >= 4 is 44.9 Å². The van der Waals surface area contributed by atoms with Crippen molar-refractivity contribution in [1.82, 2.24) is 25.2 Å². The molecule has 0 N–H and O–H groups in total. The quantitative estimate of drug-likeness (QED) is 0.511. The molecule has 23 heavy (non-hydrogen) atoms. The molecule has 2 aromatic heterocycles. The van der Waals surface area contributed by atoms with E-state index in [1.165, 1.54) is 0 Å². The highest BCUT2D eigenvalue weighted by molar-refractivity contribution is 8.00. The van der Waals surface area contributed by atoms with Gasteiger partial charge in [-0.2, -0.15) is 4.68 Å². The number of rotatable bonds is 4. The number of benzene rings is 2. The van der Waals surface area contributed by atoms with E-state index in [1.54, 1.807) is 27.8 Å². The lowest BCUT2D eigenvalue weighted by Crippen LogP contribution is -2.01. The summed E-state index contributed by atoms with van der Waals surface area (Å²) in [6.45, 7) is 0. The van der Waals surface area contributed by atoms with Crippen molar-refractivity contribution in [2.45, 2.75) is 10.1 Å². The highest BCUT2D eigenvalue weighted by atomic mass is 35.5. The molecule has 2 heterocycles. The van der Waals surface area contributed by atoms with Gasteiger partial charge >= 0.3 is 0 Å². The van der Waals surface area contributed by atoms with Crippen LogP contribution >= 0.6 is 34.7 Å². The second-order valence-electron chi connectivity index (χ2n) is 4.72. The van der Waals surface area contributed by atoms with E-state index in [2.05, 4.69) is 20.5 Å². The van der Waals surface area contributed by atoms with E-state index >= 15 is 0 Å². The molecule has 0 fully saturated rings. The normalized spacial score (nSPS) is 11.2. The topological polar surface area (TPSA) is 56.5 Å². The van der Waals surface area contributed by atoms with E-state index in [0.717, 1.165) is 26.1 Å². The Labute approximate surface area is 145 Å². The number of thiazole rings is 1. The lowest BCUT2D eigenvalue weighted by Gasteiger charge is -2.02. The third-order valence-corrected chi connectivity index (χ3v) is 5.60. The molecular weight excluding hydrogens is 350 g/mol. The van der Waals surface area contributed by atoms with Gasteiger partial charge in [-0.25, -0.2) is 4.98 Å². The van der Waals surface area contributed by atoms with Crippen LogP contribution < -0.4 is 0 Å². The fourth-order valence-electron chi connectivity index (χ4n) is 2.13. The number of fused-ring (bicyclic) bond motifs is 1. The summed E-state index contributed by atoms with van der Waals surface area (Å²) in [7, 11) is 0. The maximum atomic E-state index is 6.00. The molecular formula is C15H10ClN5S2. The van der Waals surface area contributed by atoms with Gasteiger partial charge in [-0.3, -0.25) is 0 Å². The van der Waals surface area contributed by atoms with Gasteiger partial charge in [0, 0.05) is 5.02 Å². The smallest absolute Gasteiger partial charge is 0.167 e. The summed E-state index contributed by atoms with van der Waals surface area (Å²) < 4.78 is 3.85. The minimum Gasteiger partial charge on any atom is -0.230 e. The first kappa shape index (κ1) is 14.6. The monoisotopic (exact) mass is 359 g/mol. The van der Waals surface area contributed by atoms with Gasteiger partial charge in [-0.05, 0) is 40.8 Å². The number of aromatic nitrogens is 5. The Bertz CT molecular complexity index is 951. The summed E-state index contributed by atoms with van der Waals surface area (Å²) in [5.74, 6) is 1.44. The van der Waals surface area contributed by atoms with Crippen LogP contribution in [-0.2, 0) is 5.75 Å². The number of nitrogens with zero attached hydrogens (tertiary/aromatic N) is 5. The number of hydrogen-bond acceptors (Lipinski definition) is 6. The summed E-state index contributed by atoms with van der Waals surface area (Å²) in [4.78, 5) is 4.59. The van der Waals surface area contributed by atoms with Crippen LogP contribution in [0, 0.1) is 0 Å². The molecule has 2 aromatic carbocycles. The van der Waals surface area contributed by atoms with Crippen LogP contribution in [0.2, 0.25) is 5.02 Å². The van der Waals surface area contributed by atoms with Crippen LogP contribution in [0.4, 0.5) is 0 Å². The van der Waals surface area contributed by atoms with Crippen molar-refractivity contribution in [1.29, 1.82) is 0 Å². The van der Waals surface area contributed by atoms with Crippen LogP contribution in [-0.4, -0.2) is 25.2 Å². The van der Waals surface area contributed by atoms with Crippen molar-refractivity contribution < 1.29 is 0 Å². The van der Waals surface area contributed by atoms with E-state index in [1.807, 2.05) is 48.5 Å². The molecule has 0 aliphatic heterocycles. The highest BCUT2D eigenvalue weighted by Gasteiger charge is 2.11. The Morgan fingerprint density at radius 1 is 1.13 bits per heavy atom. The van der Waals surface area contributed by atoms with Gasteiger partial charge in [-0.15, -0.1) is 16.4 Å². The van der Waals surface area contributed by atoms with Crippen LogP contribution in [0.15, 0.2) is 52.9 Å². The first-order chi connectivity index (χ1) is 11.3. The Kier molecular flexibility index (Phi) is 3.99. The molecule has 0 radical (unpaired) electrons. The predicted molar refractivity (Wildman–Crippen MR) is 93.3 cm³/mol. The lowest BCUT2D eigenvalue weighted by molar-refractivity contribution is 0.777. The summed E-state index contributed by atoms with van der Waals surface area (Å²) >= 11 is 9.27. The standard InChI is InChI=1S/C15H10ClN5S2/c16-10-6-7-13-12(8-10)17-15(23-13)22-9-14-18-19-20-21(14)11-4-2-1-3-5-11/h1-8H,9H2. The van der Waals surface area contributed by atoms with E-state index < -0.39 is 0 Å². The predicted octanol–water partition coefficient (Wildman–Crippen LogP) is 4.22. The highest BCUT2D eigenvalue weighted by Crippen LogP contribution is 2.32. The van der Waals surface area contributed by atoms with Crippen LogP contribution in [0.3, 0.4) is 0 Å². The maximum absolute atomic E-state index is 6.00. The molecule has 0 saturated heterocycles. The van der Waals surface area contributed by atoms with Gasteiger partial charge < -0.3 is 0 Å². The number of tetrazole rings is 1. The van der Waals surface area contributed by atoms with Gasteiger partial charge in [0.2, 0.25) is 0 Å². The lowest BCUT2D eigenvalue weighted by atomic mass is 10.3. The summed E-state index contributed by atoms with van der Waals surface area (Å²) in [5.41, 5.74) is 1.87. The van der Waals surface area contributed by atoms with Gasteiger partial charge in [0.05, 0.1) is 21.7 Å². The minimum atomic E-state index is 0.648. The SMILES string of the molecule is Clc1ccc2sc(SCc3nnnn3-c3ccccc3)nc2c1. The fraction of sp³-hybridized carbons (Fsp3) is 0.0667. The first-order valence-corrected chi connectivity index (χ1v) is 8.99. The van der Waals surface area contributed by atoms with Crippen LogP contribution in [0.25, 0.3) is 15.9 Å². The second kappa shape index (κ2) is 6.27. The molecule has 5 nitrogen and oxygen atoms in total. The van der Waals surface area contributed by atoms with Crippen molar-refractivity contribution in [2.75, 3.05) is 0 Å². The molecule has 0 bridgehead atoms. The van der Waals surface area contributed by atoms with Gasteiger partial charge in [-0.1, -0.05) is 41.6 Å². The zero-order valence-electron chi connectivity index (χ0n) is 11.8. The molecule has 8 heteroatoms. The van der Waals surface area contributed by atoms with E-state index in [9.17, 15) is 0 Å². The van der Waals surface area contributed by atoms with E-state index in [-0.39, 0.29) is 0 Å². The second-order valence-corrected chi connectivity index (χ2v) is 7.41. The average molecular weight is 360 g/mol. The minimum absolute atomic E-state index is 0.648. The Morgan fingerprint density at radius 2 is 2.00 bits per heavy atom.